The molecule has 0 saturated heterocycles. The van der Waals surface area contributed by atoms with Crippen LogP contribution in [0.5, 0.6) is 0 Å². The molecule has 2 aromatic rings. The van der Waals surface area contributed by atoms with Gasteiger partial charge in [0.1, 0.15) is 6.33 Å². The van der Waals surface area contributed by atoms with Crippen molar-refractivity contribution in [1.29, 1.82) is 0 Å². The third kappa shape index (κ3) is 2.37. The average Bonchev–Trinajstić information content (AvgIpc) is 2.94. The first-order chi connectivity index (χ1) is 8.58. The maximum atomic E-state index is 11.6. The quantitative estimate of drug-likeness (QED) is 0.792. The number of aromatic nitrogens is 3. The van der Waals surface area contributed by atoms with E-state index < -0.39 is 11.9 Å². The summed E-state index contributed by atoms with van der Waals surface area (Å²) in [4.78, 5) is 22.2. The van der Waals surface area contributed by atoms with Crippen LogP contribution in [0.25, 0.3) is 0 Å². The number of furan rings is 1. The molecular weight excluding hydrogens is 240 g/mol. The molecular formula is C10H10N4O4. The average molecular weight is 250 g/mol. The number of aromatic carboxylic acids is 1. The molecule has 2 heterocycles. The maximum Gasteiger partial charge on any atom is 0.371 e. The van der Waals surface area contributed by atoms with E-state index in [2.05, 4.69) is 15.5 Å². The van der Waals surface area contributed by atoms with Crippen LogP contribution >= 0.6 is 0 Å². The summed E-state index contributed by atoms with van der Waals surface area (Å²) in [6, 6.07) is 2.52. The lowest BCUT2D eigenvalue weighted by Crippen LogP contribution is -2.24. The van der Waals surface area contributed by atoms with Crippen molar-refractivity contribution in [3.63, 3.8) is 0 Å². The molecule has 0 spiro atoms. The molecule has 0 aliphatic carbocycles. The number of carbonyl (C=O) groups excluding carboxylic acids is 1. The molecule has 0 atom stereocenters. The number of carboxylic acid groups (broad SMARTS) is 1. The highest BCUT2D eigenvalue weighted by Gasteiger charge is 2.15. The van der Waals surface area contributed by atoms with Crippen LogP contribution in [0.4, 0.5) is 0 Å². The second kappa shape index (κ2) is 4.70. The first-order valence-electron chi connectivity index (χ1n) is 5.02. The van der Waals surface area contributed by atoms with Gasteiger partial charge in [-0.25, -0.2) is 4.79 Å². The Morgan fingerprint density at radius 2 is 2.17 bits per heavy atom. The summed E-state index contributed by atoms with van der Waals surface area (Å²) in [6.45, 7) is 0.179. The van der Waals surface area contributed by atoms with E-state index in [1.807, 2.05) is 0 Å². The van der Waals surface area contributed by atoms with Crippen molar-refractivity contribution >= 4 is 11.9 Å². The van der Waals surface area contributed by atoms with Crippen molar-refractivity contribution in [3.8, 4) is 0 Å². The Morgan fingerprint density at radius 3 is 2.72 bits per heavy atom. The SMILES string of the molecule is Cn1cnnc1CNC(=O)c1ccc(C(=O)O)o1. The second-order valence-electron chi connectivity index (χ2n) is 3.51. The minimum atomic E-state index is -1.22. The number of carboxylic acids is 1. The fourth-order valence-electron chi connectivity index (χ4n) is 1.29. The van der Waals surface area contributed by atoms with Crippen LogP contribution in [-0.4, -0.2) is 31.7 Å². The van der Waals surface area contributed by atoms with Crippen molar-refractivity contribution < 1.29 is 19.1 Å². The Morgan fingerprint density at radius 1 is 1.44 bits per heavy atom. The number of nitrogens with one attached hydrogen (secondary N) is 1. The summed E-state index contributed by atoms with van der Waals surface area (Å²) >= 11 is 0. The summed E-state index contributed by atoms with van der Waals surface area (Å²) in [5.41, 5.74) is 0. The third-order valence-corrected chi connectivity index (χ3v) is 2.25. The predicted molar refractivity (Wildman–Crippen MR) is 57.8 cm³/mol. The van der Waals surface area contributed by atoms with Crippen molar-refractivity contribution in [2.45, 2.75) is 6.54 Å². The molecule has 0 unspecified atom stereocenters. The molecule has 2 aromatic heterocycles. The van der Waals surface area contributed by atoms with E-state index in [1.54, 1.807) is 11.6 Å². The molecule has 0 bridgehead atoms. The third-order valence-electron chi connectivity index (χ3n) is 2.25. The van der Waals surface area contributed by atoms with Gasteiger partial charge in [0.2, 0.25) is 5.76 Å². The Hall–Kier alpha value is -2.64. The van der Waals surface area contributed by atoms with Crippen molar-refractivity contribution in [3.05, 3.63) is 35.8 Å². The smallest absolute Gasteiger partial charge is 0.371 e. The summed E-state index contributed by atoms with van der Waals surface area (Å²) < 4.78 is 6.51. The minimum Gasteiger partial charge on any atom is -0.475 e. The van der Waals surface area contributed by atoms with E-state index in [1.165, 1.54) is 18.5 Å². The molecule has 0 fully saturated rings. The lowest BCUT2D eigenvalue weighted by atomic mass is 10.4. The lowest BCUT2D eigenvalue weighted by molar-refractivity contribution is 0.0659. The van der Waals surface area contributed by atoms with Crippen LogP contribution in [0, 0.1) is 0 Å². The summed E-state index contributed by atoms with van der Waals surface area (Å²) in [5, 5.41) is 18.6. The zero-order valence-electron chi connectivity index (χ0n) is 9.45. The first-order valence-corrected chi connectivity index (χ1v) is 5.02. The van der Waals surface area contributed by atoms with Gasteiger partial charge < -0.3 is 19.4 Å². The molecule has 0 aliphatic heterocycles. The topological polar surface area (TPSA) is 110 Å². The molecule has 8 nitrogen and oxygen atoms in total. The minimum absolute atomic E-state index is 0.0606. The van der Waals surface area contributed by atoms with Gasteiger partial charge in [-0.3, -0.25) is 4.79 Å². The largest absolute Gasteiger partial charge is 0.475 e. The number of carbonyl (C=O) groups is 2. The van der Waals surface area contributed by atoms with Crippen LogP contribution in [0.1, 0.15) is 26.9 Å². The molecule has 2 N–H and O–H groups in total. The predicted octanol–water partition coefficient (Wildman–Crippen LogP) is 0.0363. The summed E-state index contributed by atoms with van der Waals surface area (Å²) in [6.07, 6.45) is 1.51. The summed E-state index contributed by atoms with van der Waals surface area (Å²) in [7, 11) is 1.75. The van der Waals surface area contributed by atoms with Gasteiger partial charge in [0.05, 0.1) is 6.54 Å². The van der Waals surface area contributed by atoms with Crippen LogP contribution in [0.15, 0.2) is 22.9 Å². The van der Waals surface area contributed by atoms with Gasteiger partial charge in [-0.2, -0.15) is 0 Å². The molecule has 2 rings (SSSR count). The van der Waals surface area contributed by atoms with Gasteiger partial charge in [0.15, 0.2) is 11.6 Å². The van der Waals surface area contributed by atoms with Crippen LogP contribution in [-0.2, 0) is 13.6 Å². The van der Waals surface area contributed by atoms with E-state index in [-0.39, 0.29) is 18.1 Å². The maximum absolute atomic E-state index is 11.6. The molecule has 18 heavy (non-hydrogen) atoms. The van der Waals surface area contributed by atoms with Crippen molar-refractivity contribution in [1.82, 2.24) is 20.1 Å². The highest BCUT2D eigenvalue weighted by Crippen LogP contribution is 2.07. The van der Waals surface area contributed by atoms with E-state index in [0.29, 0.717) is 5.82 Å². The number of hydrogen-bond acceptors (Lipinski definition) is 5. The molecule has 0 aromatic carbocycles. The van der Waals surface area contributed by atoms with Gasteiger partial charge in [-0.05, 0) is 12.1 Å². The van der Waals surface area contributed by atoms with Crippen LogP contribution in [0.3, 0.4) is 0 Å². The Bertz CT molecular complexity index is 586. The van der Waals surface area contributed by atoms with Crippen LogP contribution < -0.4 is 5.32 Å². The number of amides is 1. The molecule has 0 aliphatic rings. The van der Waals surface area contributed by atoms with Gasteiger partial charge in [0.25, 0.3) is 5.91 Å². The van der Waals surface area contributed by atoms with Crippen molar-refractivity contribution in [2.75, 3.05) is 0 Å². The molecule has 94 valence electrons. The lowest BCUT2D eigenvalue weighted by Gasteiger charge is -2.01. The molecule has 1 amide bonds. The number of nitrogens with zero attached hydrogens (tertiary/aromatic N) is 3. The zero-order chi connectivity index (χ0) is 13.1. The van der Waals surface area contributed by atoms with Gasteiger partial charge in [-0.1, -0.05) is 0 Å². The molecule has 0 saturated carbocycles. The second-order valence-corrected chi connectivity index (χ2v) is 3.51. The normalized spacial score (nSPS) is 10.3. The number of aryl methyl sites for hydroxylation is 1. The van der Waals surface area contributed by atoms with Crippen LogP contribution in [0.2, 0.25) is 0 Å². The van der Waals surface area contributed by atoms with Gasteiger partial charge in [-0.15, -0.1) is 10.2 Å². The fourth-order valence-corrected chi connectivity index (χ4v) is 1.29. The van der Waals surface area contributed by atoms with Gasteiger partial charge in [0, 0.05) is 7.05 Å². The van der Waals surface area contributed by atoms with E-state index in [4.69, 9.17) is 9.52 Å². The number of hydrogen-bond donors (Lipinski definition) is 2. The van der Waals surface area contributed by atoms with Gasteiger partial charge >= 0.3 is 5.97 Å². The Balaban J connectivity index is 1.99. The zero-order valence-corrected chi connectivity index (χ0v) is 9.45. The summed E-state index contributed by atoms with van der Waals surface area (Å²) in [5.74, 6) is -1.49. The fraction of sp³-hybridized carbons (Fsp3) is 0.200. The highest BCUT2D eigenvalue weighted by atomic mass is 16.4. The molecule has 0 radical (unpaired) electrons. The Labute approximate surface area is 101 Å². The molecule has 8 heteroatoms. The van der Waals surface area contributed by atoms with E-state index in [9.17, 15) is 9.59 Å². The Kier molecular flexibility index (Phi) is 3.09. The van der Waals surface area contributed by atoms with E-state index >= 15 is 0 Å². The monoisotopic (exact) mass is 250 g/mol. The van der Waals surface area contributed by atoms with E-state index in [0.717, 1.165) is 0 Å². The number of rotatable bonds is 4. The standard InChI is InChI=1S/C10H10N4O4/c1-14-5-12-13-8(14)4-11-9(15)6-2-3-7(18-6)10(16)17/h2-3,5H,4H2,1H3,(H,11,15)(H,16,17). The first kappa shape index (κ1) is 11.8. The van der Waals surface area contributed by atoms with Crippen molar-refractivity contribution in [2.24, 2.45) is 7.05 Å². The highest BCUT2D eigenvalue weighted by molar-refractivity contribution is 5.93.